The molecule has 22 heavy (non-hydrogen) atoms. The Morgan fingerprint density at radius 2 is 1.95 bits per heavy atom. The van der Waals surface area contributed by atoms with Gasteiger partial charge < -0.3 is 4.90 Å². The highest BCUT2D eigenvalue weighted by Crippen LogP contribution is 2.41. The van der Waals surface area contributed by atoms with Gasteiger partial charge >= 0.3 is 0 Å². The molecule has 0 spiro atoms. The van der Waals surface area contributed by atoms with E-state index in [4.69, 9.17) is 0 Å². The summed E-state index contributed by atoms with van der Waals surface area (Å²) < 4.78 is 0. The first-order valence-electron chi connectivity index (χ1n) is 8.07. The topological polar surface area (TPSA) is 20.3 Å². The summed E-state index contributed by atoms with van der Waals surface area (Å²) in [5.74, 6) is 0.635. The van der Waals surface area contributed by atoms with Crippen molar-refractivity contribution >= 4 is 11.4 Å². The highest BCUT2D eigenvalue weighted by Gasteiger charge is 2.29. The van der Waals surface area contributed by atoms with Crippen molar-refractivity contribution in [1.29, 1.82) is 0 Å². The van der Waals surface area contributed by atoms with E-state index in [0.717, 1.165) is 19.5 Å². The van der Waals surface area contributed by atoms with Crippen molar-refractivity contribution in [3.63, 3.8) is 0 Å². The van der Waals surface area contributed by atoms with Crippen molar-refractivity contribution in [2.75, 3.05) is 13.1 Å². The minimum absolute atomic E-state index is 0.0233. The van der Waals surface area contributed by atoms with Crippen LogP contribution in [0.15, 0.2) is 43.1 Å². The van der Waals surface area contributed by atoms with Crippen molar-refractivity contribution in [2.24, 2.45) is 11.3 Å². The predicted octanol–water partition coefficient (Wildman–Crippen LogP) is 4.78. The fourth-order valence-electron chi connectivity index (χ4n) is 2.99. The summed E-state index contributed by atoms with van der Waals surface area (Å²) in [6.07, 6.45) is 4.83. The van der Waals surface area contributed by atoms with Crippen LogP contribution in [0.25, 0.3) is 5.57 Å². The molecule has 0 atom stereocenters. The van der Waals surface area contributed by atoms with Crippen LogP contribution in [-0.2, 0) is 0 Å². The Labute approximate surface area is 134 Å². The molecule has 0 N–H and O–H groups in total. The van der Waals surface area contributed by atoms with Gasteiger partial charge in [-0.1, -0.05) is 58.5 Å². The van der Waals surface area contributed by atoms with Crippen molar-refractivity contribution in [3.05, 3.63) is 54.2 Å². The first-order valence-corrected chi connectivity index (χ1v) is 8.07. The van der Waals surface area contributed by atoms with Gasteiger partial charge in [0.25, 0.3) is 0 Å². The van der Waals surface area contributed by atoms with E-state index in [1.807, 2.05) is 12.1 Å². The van der Waals surface area contributed by atoms with Gasteiger partial charge in [-0.25, -0.2) is 0 Å². The molecule has 0 bridgehead atoms. The van der Waals surface area contributed by atoms with Crippen LogP contribution in [0.3, 0.4) is 0 Å². The lowest BCUT2D eigenvalue weighted by Crippen LogP contribution is -2.33. The Bertz CT molecular complexity index is 578. The summed E-state index contributed by atoms with van der Waals surface area (Å²) in [5, 5.41) is 0. The number of carbonyl (C=O) groups excluding carboxylic acids is 1. The summed E-state index contributed by atoms with van der Waals surface area (Å²) in [5.41, 5.74) is 3.43. The van der Waals surface area contributed by atoms with Gasteiger partial charge in [0.15, 0.2) is 5.78 Å². The summed E-state index contributed by atoms with van der Waals surface area (Å²) in [7, 11) is 0. The first kappa shape index (κ1) is 16.5. The zero-order valence-electron chi connectivity index (χ0n) is 14.2. The smallest absolute Gasteiger partial charge is 0.185 e. The molecule has 0 saturated carbocycles. The Hall–Kier alpha value is -1.83. The van der Waals surface area contributed by atoms with Gasteiger partial charge in [0.05, 0.1) is 0 Å². The molecule has 0 saturated heterocycles. The maximum atomic E-state index is 11.7. The van der Waals surface area contributed by atoms with Crippen LogP contribution in [0, 0.1) is 11.3 Å². The van der Waals surface area contributed by atoms with Gasteiger partial charge in [-0.15, -0.1) is 0 Å². The first-order chi connectivity index (χ1) is 10.3. The molecule has 1 aromatic carbocycles. The molecule has 1 aliphatic heterocycles. The number of allylic oxidation sites excluding steroid dienone is 2. The molecular weight excluding hydrogens is 270 g/mol. The summed E-state index contributed by atoms with van der Waals surface area (Å²) in [6.45, 7) is 14.9. The van der Waals surface area contributed by atoms with Crippen LogP contribution in [0.5, 0.6) is 0 Å². The number of carbonyl (C=O) groups is 1. The lowest BCUT2D eigenvalue weighted by Gasteiger charge is -2.38. The summed E-state index contributed by atoms with van der Waals surface area (Å²) in [4.78, 5) is 14.1. The molecule has 0 aliphatic carbocycles. The lowest BCUT2D eigenvalue weighted by molar-refractivity contribution is 0.104. The lowest BCUT2D eigenvalue weighted by atomic mass is 9.76. The number of hydrogen-bond acceptors (Lipinski definition) is 2. The van der Waals surface area contributed by atoms with Gasteiger partial charge in [0.2, 0.25) is 0 Å². The average Bonchev–Trinajstić information content (AvgIpc) is 2.48. The average molecular weight is 297 g/mol. The van der Waals surface area contributed by atoms with E-state index in [0.29, 0.717) is 11.5 Å². The minimum atomic E-state index is -0.0233. The molecule has 1 aliphatic rings. The van der Waals surface area contributed by atoms with Gasteiger partial charge in [-0.05, 0) is 35.0 Å². The van der Waals surface area contributed by atoms with Crippen LogP contribution >= 0.6 is 0 Å². The van der Waals surface area contributed by atoms with Gasteiger partial charge in [0.1, 0.15) is 0 Å². The SMILES string of the molecule is C=CC(=O)c1ccc(C2=CN(CC(C)C)CCC2(C)C)cc1. The number of benzene rings is 1. The molecule has 2 heteroatoms. The Morgan fingerprint density at radius 3 is 2.50 bits per heavy atom. The molecule has 2 rings (SSSR count). The van der Waals surface area contributed by atoms with Crippen LogP contribution in [0.1, 0.15) is 50.0 Å². The minimum Gasteiger partial charge on any atom is -0.377 e. The monoisotopic (exact) mass is 297 g/mol. The van der Waals surface area contributed by atoms with E-state index in [1.54, 1.807) is 0 Å². The quantitative estimate of drug-likeness (QED) is 0.575. The molecular formula is C20H27NO. The summed E-state index contributed by atoms with van der Waals surface area (Å²) in [6, 6.07) is 7.92. The van der Waals surface area contributed by atoms with E-state index in [1.165, 1.54) is 17.2 Å². The van der Waals surface area contributed by atoms with E-state index in [9.17, 15) is 4.79 Å². The number of ketones is 1. The highest BCUT2D eigenvalue weighted by atomic mass is 16.1. The van der Waals surface area contributed by atoms with E-state index in [-0.39, 0.29) is 11.2 Å². The van der Waals surface area contributed by atoms with Crippen LogP contribution in [0.2, 0.25) is 0 Å². The molecule has 0 radical (unpaired) electrons. The predicted molar refractivity (Wildman–Crippen MR) is 93.8 cm³/mol. The second-order valence-electron chi connectivity index (χ2n) is 7.21. The molecule has 1 heterocycles. The molecule has 1 aromatic rings. The van der Waals surface area contributed by atoms with Crippen molar-refractivity contribution in [3.8, 4) is 0 Å². The third-order valence-electron chi connectivity index (χ3n) is 4.33. The molecule has 0 amide bonds. The standard InChI is InChI=1S/C20H27NO/c1-6-19(22)17-9-7-16(8-10-17)18-14-21(13-15(2)3)12-11-20(18,4)5/h6-10,14-15H,1,11-13H2,2-5H3. The third kappa shape index (κ3) is 3.68. The van der Waals surface area contributed by atoms with Gasteiger partial charge in [-0.2, -0.15) is 0 Å². The van der Waals surface area contributed by atoms with Crippen LogP contribution < -0.4 is 0 Å². The zero-order chi connectivity index (χ0) is 16.3. The molecule has 0 unspecified atom stereocenters. The molecule has 2 nitrogen and oxygen atoms in total. The number of rotatable bonds is 5. The fourth-order valence-corrected chi connectivity index (χ4v) is 2.99. The van der Waals surface area contributed by atoms with E-state index < -0.39 is 0 Å². The normalized spacial score (nSPS) is 17.3. The molecule has 0 fully saturated rings. The van der Waals surface area contributed by atoms with E-state index >= 15 is 0 Å². The number of nitrogens with zero attached hydrogens (tertiary/aromatic N) is 1. The maximum absolute atomic E-state index is 11.7. The van der Waals surface area contributed by atoms with Crippen molar-refractivity contribution in [1.82, 2.24) is 4.90 Å². The second-order valence-corrected chi connectivity index (χ2v) is 7.21. The van der Waals surface area contributed by atoms with Crippen molar-refractivity contribution in [2.45, 2.75) is 34.1 Å². The Morgan fingerprint density at radius 1 is 1.32 bits per heavy atom. The molecule has 0 aromatic heterocycles. The number of hydrogen-bond donors (Lipinski definition) is 0. The van der Waals surface area contributed by atoms with E-state index in [2.05, 4.69) is 57.5 Å². The largest absolute Gasteiger partial charge is 0.377 e. The zero-order valence-corrected chi connectivity index (χ0v) is 14.2. The third-order valence-corrected chi connectivity index (χ3v) is 4.33. The summed E-state index contributed by atoms with van der Waals surface area (Å²) >= 11 is 0. The van der Waals surface area contributed by atoms with Crippen molar-refractivity contribution < 1.29 is 4.79 Å². The molecule has 118 valence electrons. The Kier molecular flexibility index (Phi) is 4.90. The Balaban J connectivity index is 2.32. The van der Waals surface area contributed by atoms with Gasteiger partial charge in [0, 0.05) is 24.9 Å². The second kappa shape index (κ2) is 6.51. The van der Waals surface area contributed by atoms with Gasteiger partial charge in [-0.3, -0.25) is 4.79 Å². The van der Waals surface area contributed by atoms with Crippen LogP contribution in [0.4, 0.5) is 0 Å². The fraction of sp³-hybridized carbons (Fsp3) is 0.450. The highest BCUT2D eigenvalue weighted by molar-refractivity contribution is 6.04. The van der Waals surface area contributed by atoms with Crippen LogP contribution in [-0.4, -0.2) is 23.8 Å². The maximum Gasteiger partial charge on any atom is 0.185 e.